The SMILES string of the molecule is COc1ccc(NC(=O)CN2C(=O)S/C(=C\c3cn(Cc4ccc(F)cc4Cl)c4ccccc34)C2=O)cc1. The molecule has 1 saturated heterocycles. The second-order valence-electron chi connectivity index (χ2n) is 8.51. The Labute approximate surface area is 226 Å². The summed E-state index contributed by atoms with van der Waals surface area (Å²) in [6, 6.07) is 18.6. The van der Waals surface area contributed by atoms with E-state index in [-0.39, 0.29) is 4.91 Å². The number of thioether (sulfide) groups is 1. The predicted molar refractivity (Wildman–Crippen MR) is 147 cm³/mol. The molecule has 192 valence electrons. The number of ether oxygens (including phenoxy) is 1. The van der Waals surface area contributed by atoms with Gasteiger partial charge in [0.05, 0.1) is 12.0 Å². The number of aromatic nitrogens is 1. The van der Waals surface area contributed by atoms with Crippen molar-refractivity contribution in [2.75, 3.05) is 19.0 Å². The van der Waals surface area contributed by atoms with Crippen LogP contribution in [0.5, 0.6) is 5.75 Å². The first-order valence-corrected chi connectivity index (χ1v) is 12.7. The minimum Gasteiger partial charge on any atom is -0.497 e. The van der Waals surface area contributed by atoms with Crippen LogP contribution in [0.4, 0.5) is 14.9 Å². The van der Waals surface area contributed by atoms with Gasteiger partial charge in [0.2, 0.25) is 5.91 Å². The Morgan fingerprint density at radius 2 is 1.87 bits per heavy atom. The van der Waals surface area contributed by atoms with Gasteiger partial charge < -0.3 is 14.6 Å². The van der Waals surface area contributed by atoms with Crippen molar-refractivity contribution >= 4 is 63.1 Å². The van der Waals surface area contributed by atoms with E-state index in [4.69, 9.17) is 16.3 Å². The van der Waals surface area contributed by atoms with E-state index in [2.05, 4.69) is 5.32 Å². The van der Waals surface area contributed by atoms with Gasteiger partial charge in [0, 0.05) is 39.9 Å². The molecule has 1 aliphatic heterocycles. The molecule has 3 amide bonds. The topological polar surface area (TPSA) is 80.6 Å². The van der Waals surface area contributed by atoms with Crippen LogP contribution in [0, 0.1) is 5.82 Å². The lowest BCUT2D eigenvalue weighted by Crippen LogP contribution is -2.36. The molecule has 0 radical (unpaired) electrons. The first-order chi connectivity index (χ1) is 18.3. The van der Waals surface area contributed by atoms with Crippen molar-refractivity contribution in [3.8, 4) is 5.75 Å². The standard InChI is InChI=1S/C28H21ClFN3O4S/c1-37-21-10-8-20(9-11-21)31-26(34)16-33-27(35)25(38-28(33)36)12-18-15-32(24-5-3-2-4-22(18)24)14-17-6-7-19(30)13-23(17)29/h2-13,15H,14,16H2,1H3,(H,31,34)/b25-12-. The van der Waals surface area contributed by atoms with Gasteiger partial charge in [-0.3, -0.25) is 19.3 Å². The number of amides is 3. The monoisotopic (exact) mass is 549 g/mol. The van der Waals surface area contributed by atoms with Crippen molar-refractivity contribution in [2.24, 2.45) is 0 Å². The number of nitrogens with one attached hydrogen (secondary N) is 1. The van der Waals surface area contributed by atoms with Gasteiger partial charge in [-0.25, -0.2) is 4.39 Å². The van der Waals surface area contributed by atoms with Crippen molar-refractivity contribution in [3.63, 3.8) is 0 Å². The lowest BCUT2D eigenvalue weighted by Gasteiger charge is -2.12. The molecule has 1 aromatic heterocycles. The Morgan fingerprint density at radius 1 is 1.11 bits per heavy atom. The number of fused-ring (bicyclic) bond motifs is 1. The third-order valence-corrected chi connectivity index (χ3v) is 7.27. The average molecular weight is 550 g/mol. The molecule has 2 heterocycles. The molecule has 0 spiro atoms. The molecule has 3 aromatic carbocycles. The highest BCUT2D eigenvalue weighted by atomic mass is 35.5. The number of imide groups is 1. The van der Waals surface area contributed by atoms with Gasteiger partial charge in [0.15, 0.2) is 0 Å². The number of carbonyl (C=O) groups excluding carboxylic acids is 3. The number of para-hydroxylation sites is 1. The van der Waals surface area contributed by atoms with Crippen LogP contribution in [-0.2, 0) is 16.1 Å². The number of methoxy groups -OCH3 is 1. The summed E-state index contributed by atoms with van der Waals surface area (Å²) < 4.78 is 20.5. The lowest BCUT2D eigenvalue weighted by atomic mass is 10.1. The summed E-state index contributed by atoms with van der Waals surface area (Å²) in [5, 5.41) is 3.35. The van der Waals surface area contributed by atoms with Gasteiger partial charge in [-0.1, -0.05) is 35.9 Å². The van der Waals surface area contributed by atoms with E-state index >= 15 is 0 Å². The van der Waals surface area contributed by atoms with E-state index in [0.717, 1.165) is 38.7 Å². The normalized spacial score (nSPS) is 14.5. The number of nitrogens with zero attached hydrogens (tertiary/aromatic N) is 2. The summed E-state index contributed by atoms with van der Waals surface area (Å²) in [6.45, 7) is -0.0145. The molecule has 10 heteroatoms. The van der Waals surface area contributed by atoms with Gasteiger partial charge in [0.25, 0.3) is 11.1 Å². The van der Waals surface area contributed by atoms with E-state index in [9.17, 15) is 18.8 Å². The maximum absolute atomic E-state index is 13.5. The summed E-state index contributed by atoms with van der Waals surface area (Å²) in [5.41, 5.74) is 2.88. The fourth-order valence-corrected chi connectivity index (χ4v) is 5.21. The van der Waals surface area contributed by atoms with Gasteiger partial charge in [-0.2, -0.15) is 0 Å². The molecule has 0 unspecified atom stereocenters. The van der Waals surface area contributed by atoms with Gasteiger partial charge >= 0.3 is 0 Å². The predicted octanol–water partition coefficient (Wildman–Crippen LogP) is 6.17. The lowest BCUT2D eigenvalue weighted by molar-refractivity contribution is -0.127. The molecule has 1 aliphatic rings. The molecule has 0 aliphatic carbocycles. The van der Waals surface area contributed by atoms with Crippen molar-refractivity contribution in [2.45, 2.75) is 6.54 Å². The second kappa shape index (κ2) is 10.7. The van der Waals surface area contributed by atoms with Crippen LogP contribution in [0.2, 0.25) is 5.02 Å². The highest BCUT2D eigenvalue weighted by Gasteiger charge is 2.36. The molecular formula is C28H21ClFN3O4S. The van der Waals surface area contributed by atoms with E-state index < -0.39 is 29.4 Å². The highest BCUT2D eigenvalue weighted by molar-refractivity contribution is 8.18. The maximum Gasteiger partial charge on any atom is 0.294 e. The van der Waals surface area contributed by atoms with Gasteiger partial charge in [-0.05, 0) is 65.9 Å². The molecule has 0 atom stereocenters. The zero-order chi connectivity index (χ0) is 26.8. The third-order valence-electron chi connectivity index (χ3n) is 6.01. The second-order valence-corrected chi connectivity index (χ2v) is 9.91. The number of hydrogen-bond acceptors (Lipinski definition) is 5. The maximum atomic E-state index is 13.5. The number of carbonyl (C=O) groups is 3. The number of anilines is 1. The summed E-state index contributed by atoms with van der Waals surface area (Å²) in [5.74, 6) is -0.804. The first kappa shape index (κ1) is 25.6. The quantitative estimate of drug-likeness (QED) is 0.279. The van der Waals surface area contributed by atoms with Crippen LogP contribution < -0.4 is 10.1 Å². The molecule has 4 aromatic rings. The van der Waals surface area contributed by atoms with Gasteiger partial charge in [0.1, 0.15) is 18.1 Å². The molecule has 1 fully saturated rings. The van der Waals surface area contributed by atoms with Crippen LogP contribution in [-0.4, -0.2) is 40.2 Å². The number of halogens is 2. The first-order valence-electron chi connectivity index (χ1n) is 11.5. The number of rotatable bonds is 7. The van der Waals surface area contributed by atoms with Crippen molar-refractivity contribution in [1.29, 1.82) is 0 Å². The van der Waals surface area contributed by atoms with Crippen LogP contribution in [0.3, 0.4) is 0 Å². The number of benzene rings is 3. The third kappa shape index (κ3) is 5.29. The Morgan fingerprint density at radius 3 is 2.61 bits per heavy atom. The van der Waals surface area contributed by atoms with Crippen molar-refractivity contribution < 1.29 is 23.5 Å². The summed E-state index contributed by atoms with van der Waals surface area (Å²) in [6.07, 6.45) is 3.51. The van der Waals surface area contributed by atoms with Crippen LogP contribution in [0.25, 0.3) is 17.0 Å². The van der Waals surface area contributed by atoms with E-state index in [1.54, 1.807) is 43.5 Å². The van der Waals surface area contributed by atoms with Crippen LogP contribution >= 0.6 is 23.4 Å². The molecule has 5 rings (SSSR count). The van der Waals surface area contributed by atoms with Crippen molar-refractivity contribution in [1.82, 2.24) is 9.47 Å². The Balaban J connectivity index is 1.36. The smallest absolute Gasteiger partial charge is 0.294 e. The summed E-state index contributed by atoms with van der Waals surface area (Å²) in [7, 11) is 1.54. The average Bonchev–Trinajstić information content (AvgIpc) is 3.38. The number of hydrogen-bond donors (Lipinski definition) is 1. The molecular weight excluding hydrogens is 529 g/mol. The van der Waals surface area contributed by atoms with Crippen molar-refractivity contribution in [3.05, 3.63) is 99.8 Å². The fraction of sp³-hybridized carbons (Fsp3) is 0.107. The van der Waals surface area contributed by atoms with E-state index in [0.29, 0.717) is 23.0 Å². The molecule has 1 N–H and O–H groups in total. The minimum absolute atomic E-state index is 0.218. The summed E-state index contributed by atoms with van der Waals surface area (Å²) in [4.78, 5) is 39.3. The Kier molecular flexibility index (Phi) is 7.22. The van der Waals surface area contributed by atoms with E-state index in [1.807, 2.05) is 35.0 Å². The zero-order valence-electron chi connectivity index (χ0n) is 20.1. The van der Waals surface area contributed by atoms with E-state index in [1.165, 1.54) is 12.1 Å². The van der Waals surface area contributed by atoms with Gasteiger partial charge in [-0.15, -0.1) is 0 Å². The zero-order valence-corrected chi connectivity index (χ0v) is 21.7. The molecule has 38 heavy (non-hydrogen) atoms. The minimum atomic E-state index is -0.539. The molecule has 7 nitrogen and oxygen atoms in total. The molecule has 0 bridgehead atoms. The highest BCUT2D eigenvalue weighted by Crippen LogP contribution is 2.34. The Hall–Kier alpha value is -4.08. The summed E-state index contributed by atoms with van der Waals surface area (Å²) >= 11 is 7.02. The van der Waals surface area contributed by atoms with Crippen LogP contribution in [0.15, 0.2) is 77.8 Å². The van der Waals surface area contributed by atoms with Crippen LogP contribution in [0.1, 0.15) is 11.1 Å². The largest absolute Gasteiger partial charge is 0.497 e. The fourth-order valence-electron chi connectivity index (χ4n) is 4.15. The molecule has 0 saturated carbocycles. The Bertz CT molecular complexity index is 1600.